The van der Waals surface area contributed by atoms with E-state index in [1.165, 1.54) is 18.4 Å². The Labute approximate surface area is 125 Å². The molecule has 1 atom stereocenters. The van der Waals surface area contributed by atoms with Crippen LogP contribution in [0.15, 0.2) is 17.1 Å². The lowest BCUT2D eigenvalue weighted by molar-refractivity contribution is 0.254. The second kappa shape index (κ2) is 5.84. The molecule has 1 fully saturated rings. The molecule has 0 saturated heterocycles. The molecule has 0 bridgehead atoms. The first-order chi connectivity index (χ1) is 10.2. The average Bonchev–Trinajstić information content (AvgIpc) is 3.22. The smallest absolute Gasteiger partial charge is 0.191 e. The number of hydrogen-bond donors (Lipinski definition) is 2. The molecule has 3 rings (SSSR count). The number of fused-ring (bicyclic) bond motifs is 1. The van der Waals surface area contributed by atoms with Gasteiger partial charge in [-0.1, -0.05) is 0 Å². The van der Waals surface area contributed by atoms with Crippen LogP contribution in [0, 0.1) is 0 Å². The summed E-state index contributed by atoms with van der Waals surface area (Å²) in [5.74, 6) is 2.72. The molecule has 5 nitrogen and oxygen atoms in total. The molecule has 114 valence electrons. The maximum atomic E-state index is 5.83. The van der Waals surface area contributed by atoms with Gasteiger partial charge in [-0.15, -0.1) is 0 Å². The highest BCUT2D eigenvalue weighted by molar-refractivity contribution is 5.80. The van der Waals surface area contributed by atoms with Crippen molar-refractivity contribution in [3.63, 3.8) is 0 Å². The second-order valence-corrected chi connectivity index (χ2v) is 5.75. The largest absolute Gasteiger partial charge is 0.496 e. The zero-order valence-corrected chi connectivity index (χ0v) is 12.9. The molecule has 0 aromatic heterocycles. The van der Waals surface area contributed by atoms with E-state index in [1.54, 1.807) is 14.2 Å². The van der Waals surface area contributed by atoms with Crippen LogP contribution in [0.4, 0.5) is 0 Å². The molecule has 2 N–H and O–H groups in total. The van der Waals surface area contributed by atoms with Crippen molar-refractivity contribution in [3.05, 3.63) is 23.3 Å². The average molecular weight is 289 g/mol. The zero-order valence-electron chi connectivity index (χ0n) is 12.9. The van der Waals surface area contributed by atoms with E-state index in [2.05, 4.69) is 34.7 Å². The number of ether oxygens (including phenoxy) is 2. The van der Waals surface area contributed by atoms with Gasteiger partial charge in [-0.05, 0) is 31.9 Å². The van der Waals surface area contributed by atoms with E-state index in [4.69, 9.17) is 9.47 Å². The summed E-state index contributed by atoms with van der Waals surface area (Å²) < 4.78 is 11.3. The summed E-state index contributed by atoms with van der Waals surface area (Å²) in [6, 6.07) is 4.75. The first kappa shape index (κ1) is 14.0. The zero-order chi connectivity index (χ0) is 14.8. The van der Waals surface area contributed by atoms with Gasteiger partial charge in [0.25, 0.3) is 0 Å². The minimum atomic E-state index is 0.247. The molecular weight excluding hydrogens is 266 g/mol. The highest BCUT2D eigenvalue weighted by atomic mass is 16.5. The molecule has 1 unspecified atom stereocenters. The van der Waals surface area contributed by atoms with Crippen LogP contribution in [0.2, 0.25) is 0 Å². The number of methoxy groups -OCH3 is 1. The maximum Gasteiger partial charge on any atom is 0.191 e. The lowest BCUT2D eigenvalue weighted by Gasteiger charge is -2.14. The van der Waals surface area contributed by atoms with Crippen molar-refractivity contribution in [1.82, 2.24) is 10.6 Å². The van der Waals surface area contributed by atoms with Gasteiger partial charge in [-0.25, -0.2) is 0 Å². The Morgan fingerprint density at radius 1 is 1.43 bits per heavy atom. The molecule has 1 aliphatic carbocycles. The molecule has 1 saturated carbocycles. The lowest BCUT2D eigenvalue weighted by Crippen LogP contribution is -2.38. The summed E-state index contributed by atoms with van der Waals surface area (Å²) in [5, 5.41) is 6.71. The minimum absolute atomic E-state index is 0.247. The first-order valence-corrected chi connectivity index (χ1v) is 7.53. The lowest BCUT2D eigenvalue weighted by atomic mass is 10.1. The fraction of sp³-hybridized carbons (Fsp3) is 0.562. The van der Waals surface area contributed by atoms with Crippen LogP contribution in [0.5, 0.6) is 11.5 Å². The summed E-state index contributed by atoms with van der Waals surface area (Å²) in [7, 11) is 3.50. The third-order valence-corrected chi connectivity index (χ3v) is 3.89. The summed E-state index contributed by atoms with van der Waals surface area (Å²) in [4.78, 5) is 4.25. The highest BCUT2D eigenvalue weighted by Gasteiger charge is 2.23. The van der Waals surface area contributed by atoms with Gasteiger partial charge in [-0.2, -0.15) is 0 Å². The second-order valence-electron chi connectivity index (χ2n) is 5.75. The Bertz CT molecular complexity index is 553. The molecule has 5 heteroatoms. The Balaban J connectivity index is 1.70. The van der Waals surface area contributed by atoms with Gasteiger partial charge >= 0.3 is 0 Å². The normalized spacial score (nSPS) is 20.7. The molecule has 2 aliphatic rings. The SMILES string of the molecule is CN=C(NCc1cc2c(cc1OC)CC(C)O2)NC1CC1. The number of benzene rings is 1. The van der Waals surface area contributed by atoms with Crippen LogP contribution in [0.1, 0.15) is 30.9 Å². The first-order valence-electron chi connectivity index (χ1n) is 7.53. The van der Waals surface area contributed by atoms with Crippen molar-refractivity contribution >= 4 is 5.96 Å². The topological polar surface area (TPSA) is 54.9 Å². The van der Waals surface area contributed by atoms with E-state index in [9.17, 15) is 0 Å². The molecule has 0 radical (unpaired) electrons. The molecule has 0 spiro atoms. The fourth-order valence-corrected chi connectivity index (χ4v) is 2.60. The molecule has 21 heavy (non-hydrogen) atoms. The van der Waals surface area contributed by atoms with Crippen LogP contribution >= 0.6 is 0 Å². The Morgan fingerprint density at radius 2 is 2.24 bits per heavy atom. The van der Waals surface area contributed by atoms with Crippen LogP contribution < -0.4 is 20.1 Å². The van der Waals surface area contributed by atoms with Crippen molar-refractivity contribution in [2.75, 3.05) is 14.2 Å². The van der Waals surface area contributed by atoms with E-state index in [-0.39, 0.29) is 6.10 Å². The number of guanidine groups is 1. The summed E-state index contributed by atoms with van der Waals surface area (Å²) in [6.07, 6.45) is 3.66. The van der Waals surface area contributed by atoms with Gasteiger partial charge in [0.2, 0.25) is 0 Å². The third-order valence-electron chi connectivity index (χ3n) is 3.89. The van der Waals surface area contributed by atoms with Gasteiger partial charge in [0.15, 0.2) is 5.96 Å². The number of rotatable bonds is 4. The molecule has 1 heterocycles. The van der Waals surface area contributed by atoms with Crippen LogP contribution in [-0.2, 0) is 13.0 Å². The van der Waals surface area contributed by atoms with Gasteiger partial charge in [0, 0.05) is 37.2 Å². The predicted octanol–water partition coefficient (Wildman–Crippen LogP) is 1.85. The van der Waals surface area contributed by atoms with Gasteiger partial charge in [0.1, 0.15) is 17.6 Å². The van der Waals surface area contributed by atoms with Crippen molar-refractivity contribution in [2.24, 2.45) is 4.99 Å². The Morgan fingerprint density at radius 3 is 2.90 bits per heavy atom. The van der Waals surface area contributed by atoms with Crippen molar-refractivity contribution in [2.45, 2.75) is 44.9 Å². The molecule has 1 aromatic carbocycles. The highest BCUT2D eigenvalue weighted by Crippen LogP contribution is 2.34. The standard InChI is InChI=1S/C16H23N3O2/c1-10-6-11-7-14(20-3)12(8-15(11)21-10)9-18-16(17-2)19-13-4-5-13/h7-8,10,13H,4-6,9H2,1-3H3,(H2,17,18,19). The Kier molecular flexibility index (Phi) is 3.90. The third kappa shape index (κ3) is 3.23. The maximum absolute atomic E-state index is 5.83. The number of aliphatic imine (C=N–C) groups is 1. The fourth-order valence-electron chi connectivity index (χ4n) is 2.60. The predicted molar refractivity (Wildman–Crippen MR) is 83.1 cm³/mol. The molecular formula is C16H23N3O2. The Hall–Kier alpha value is -1.91. The van der Waals surface area contributed by atoms with Crippen molar-refractivity contribution in [3.8, 4) is 11.5 Å². The summed E-state index contributed by atoms with van der Waals surface area (Å²) >= 11 is 0. The van der Waals surface area contributed by atoms with Gasteiger partial charge in [0.05, 0.1) is 7.11 Å². The molecule has 0 amide bonds. The number of hydrogen-bond acceptors (Lipinski definition) is 3. The van der Waals surface area contributed by atoms with E-state index in [0.29, 0.717) is 12.6 Å². The van der Waals surface area contributed by atoms with Gasteiger partial charge in [-0.3, -0.25) is 4.99 Å². The van der Waals surface area contributed by atoms with Crippen LogP contribution in [0.25, 0.3) is 0 Å². The van der Waals surface area contributed by atoms with Crippen molar-refractivity contribution < 1.29 is 9.47 Å². The van der Waals surface area contributed by atoms with E-state index in [1.807, 2.05) is 0 Å². The van der Waals surface area contributed by atoms with E-state index < -0.39 is 0 Å². The molecule has 1 aromatic rings. The van der Waals surface area contributed by atoms with Crippen LogP contribution in [0.3, 0.4) is 0 Å². The minimum Gasteiger partial charge on any atom is -0.496 e. The van der Waals surface area contributed by atoms with Crippen molar-refractivity contribution in [1.29, 1.82) is 0 Å². The summed E-state index contributed by atoms with van der Waals surface area (Å²) in [5.41, 5.74) is 2.31. The monoisotopic (exact) mass is 289 g/mol. The summed E-state index contributed by atoms with van der Waals surface area (Å²) in [6.45, 7) is 2.76. The van der Waals surface area contributed by atoms with E-state index in [0.717, 1.165) is 29.4 Å². The van der Waals surface area contributed by atoms with E-state index >= 15 is 0 Å². The van der Waals surface area contributed by atoms with Crippen LogP contribution in [-0.4, -0.2) is 32.3 Å². The molecule has 1 aliphatic heterocycles. The van der Waals surface area contributed by atoms with Gasteiger partial charge < -0.3 is 20.1 Å². The number of nitrogens with one attached hydrogen (secondary N) is 2. The quantitative estimate of drug-likeness (QED) is 0.656. The number of nitrogens with zero attached hydrogens (tertiary/aromatic N) is 1.